The Balaban J connectivity index is 2.23. The summed E-state index contributed by atoms with van der Waals surface area (Å²) in [5.74, 6) is 0.0661. The van der Waals surface area contributed by atoms with E-state index in [9.17, 15) is 9.59 Å². The van der Waals surface area contributed by atoms with Gasteiger partial charge in [0.1, 0.15) is 0 Å². The van der Waals surface area contributed by atoms with E-state index in [1.807, 2.05) is 13.8 Å². The Hall–Kier alpha value is -1.42. The third kappa shape index (κ3) is 1.46. The monoisotopic (exact) mass is 276 g/mol. The molecule has 0 aliphatic heterocycles. The van der Waals surface area contributed by atoms with Gasteiger partial charge < -0.3 is 9.15 Å². The average Bonchev–Trinajstić information content (AvgIpc) is 2.79. The predicted molar refractivity (Wildman–Crippen MR) is 72.9 cm³/mol. The Kier molecular flexibility index (Phi) is 2.91. The van der Waals surface area contributed by atoms with Crippen molar-refractivity contribution in [2.24, 2.45) is 17.3 Å². The van der Waals surface area contributed by atoms with Crippen LogP contribution in [0.3, 0.4) is 0 Å². The molecule has 0 aromatic carbocycles. The second-order valence-electron chi connectivity index (χ2n) is 6.36. The standard InChI is InChI=1S/C16H20O4/c1-8-5-6-10(19-4)16(3)12(8)13(17)11-9(2)7-20-14(11)15(16)18/h7-8,10,12H,5-6H2,1-4H3/t8-,10-,12+,16-/m0/s1. The van der Waals surface area contributed by atoms with Crippen molar-refractivity contribution < 1.29 is 18.7 Å². The number of carbonyl (C=O) groups is 2. The summed E-state index contributed by atoms with van der Waals surface area (Å²) in [6.45, 7) is 5.74. The van der Waals surface area contributed by atoms with Crippen LogP contribution in [0.5, 0.6) is 0 Å². The van der Waals surface area contributed by atoms with Crippen LogP contribution >= 0.6 is 0 Å². The molecule has 20 heavy (non-hydrogen) atoms. The molecule has 4 atom stereocenters. The van der Waals surface area contributed by atoms with Gasteiger partial charge in [-0.15, -0.1) is 0 Å². The lowest BCUT2D eigenvalue weighted by Crippen LogP contribution is -2.57. The van der Waals surface area contributed by atoms with Crippen LogP contribution < -0.4 is 0 Å². The van der Waals surface area contributed by atoms with Gasteiger partial charge in [-0.25, -0.2) is 0 Å². The van der Waals surface area contributed by atoms with Crippen molar-refractivity contribution in [3.8, 4) is 0 Å². The molecule has 1 aromatic heterocycles. The zero-order valence-electron chi connectivity index (χ0n) is 12.4. The number of hydrogen-bond donors (Lipinski definition) is 0. The van der Waals surface area contributed by atoms with E-state index >= 15 is 0 Å². The lowest BCUT2D eigenvalue weighted by molar-refractivity contribution is -0.0600. The fourth-order valence-electron chi connectivity index (χ4n) is 4.17. The van der Waals surface area contributed by atoms with Gasteiger partial charge in [0.2, 0.25) is 5.78 Å². The number of rotatable bonds is 1. The molecule has 108 valence electrons. The van der Waals surface area contributed by atoms with E-state index in [2.05, 4.69) is 6.92 Å². The summed E-state index contributed by atoms with van der Waals surface area (Å²) < 4.78 is 10.9. The molecule has 0 amide bonds. The highest BCUT2D eigenvalue weighted by Gasteiger charge is 2.60. The normalized spacial score (nSPS) is 36.7. The van der Waals surface area contributed by atoms with Gasteiger partial charge in [-0.3, -0.25) is 9.59 Å². The quantitative estimate of drug-likeness (QED) is 0.791. The fourth-order valence-corrected chi connectivity index (χ4v) is 4.17. The molecule has 3 rings (SSSR count). The zero-order chi connectivity index (χ0) is 14.7. The maximum Gasteiger partial charge on any atom is 0.207 e. The number of ketones is 2. The summed E-state index contributed by atoms with van der Waals surface area (Å²) in [5.41, 5.74) is 0.439. The number of fused-ring (bicyclic) bond motifs is 2. The van der Waals surface area contributed by atoms with E-state index in [1.54, 1.807) is 7.11 Å². The molecular weight excluding hydrogens is 256 g/mol. The second kappa shape index (κ2) is 4.29. The fraction of sp³-hybridized carbons (Fsp3) is 0.625. The van der Waals surface area contributed by atoms with Crippen LogP contribution in [-0.4, -0.2) is 24.8 Å². The molecule has 1 aromatic rings. The maximum absolute atomic E-state index is 12.9. The van der Waals surface area contributed by atoms with Crippen LogP contribution in [0.4, 0.5) is 0 Å². The van der Waals surface area contributed by atoms with Crippen LogP contribution in [-0.2, 0) is 4.74 Å². The van der Waals surface area contributed by atoms with E-state index < -0.39 is 5.41 Å². The van der Waals surface area contributed by atoms with Gasteiger partial charge in [0.25, 0.3) is 0 Å². The van der Waals surface area contributed by atoms with Crippen molar-refractivity contribution in [1.29, 1.82) is 0 Å². The summed E-state index contributed by atoms with van der Waals surface area (Å²) in [4.78, 5) is 25.8. The molecule has 4 heteroatoms. The van der Waals surface area contributed by atoms with Gasteiger partial charge in [-0.1, -0.05) is 6.92 Å². The minimum Gasteiger partial charge on any atom is -0.460 e. The number of furan rings is 1. The first-order valence-corrected chi connectivity index (χ1v) is 7.12. The van der Waals surface area contributed by atoms with E-state index in [-0.39, 0.29) is 35.3 Å². The molecule has 2 aliphatic rings. The number of Topliss-reactive ketones (excluding diaryl/α,β-unsaturated/α-hetero) is 2. The number of aryl methyl sites for hydroxylation is 1. The van der Waals surface area contributed by atoms with Gasteiger partial charge in [-0.05, 0) is 38.2 Å². The van der Waals surface area contributed by atoms with Crippen LogP contribution in [0.15, 0.2) is 10.7 Å². The first kappa shape index (κ1) is 13.6. The third-order valence-corrected chi connectivity index (χ3v) is 5.25. The SMILES string of the molecule is CO[C@H]1CC[C@H](C)[C@@H]2C(=O)c3c(C)coc3C(=O)[C@@]12C. The molecule has 1 fully saturated rings. The van der Waals surface area contributed by atoms with Gasteiger partial charge in [-0.2, -0.15) is 0 Å². The number of ether oxygens (including phenoxy) is 1. The summed E-state index contributed by atoms with van der Waals surface area (Å²) in [5, 5.41) is 0. The summed E-state index contributed by atoms with van der Waals surface area (Å²) in [6, 6.07) is 0. The molecule has 2 aliphatic carbocycles. The maximum atomic E-state index is 12.9. The van der Waals surface area contributed by atoms with Gasteiger partial charge in [0.05, 0.1) is 23.3 Å². The lowest BCUT2D eigenvalue weighted by Gasteiger charge is -2.49. The molecule has 0 bridgehead atoms. The number of methoxy groups -OCH3 is 1. The third-order valence-electron chi connectivity index (χ3n) is 5.25. The second-order valence-corrected chi connectivity index (χ2v) is 6.36. The molecule has 0 unspecified atom stereocenters. The van der Waals surface area contributed by atoms with Gasteiger partial charge >= 0.3 is 0 Å². The van der Waals surface area contributed by atoms with Gasteiger partial charge in [0, 0.05) is 13.0 Å². The van der Waals surface area contributed by atoms with Crippen molar-refractivity contribution >= 4 is 11.6 Å². The van der Waals surface area contributed by atoms with Crippen molar-refractivity contribution in [2.45, 2.75) is 39.7 Å². The Morgan fingerprint density at radius 1 is 1.35 bits per heavy atom. The van der Waals surface area contributed by atoms with Crippen LogP contribution in [0, 0.1) is 24.2 Å². The van der Waals surface area contributed by atoms with Crippen LogP contribution in [0.25, 0.3) is 0 Å². The molecule has 1 saturated carbocycles. The Morgan fingerprint density at radius 2 is 2.05 bits per heavy atom. The molecule has 0 saturated heterocycles. The summed E-state index contributed by atoms with van der Waals surface area (Å²) in [7, 11) is 1.61. The molecule has 1 heterocycles. The van der Waals surface area contributed by atoms with Crippen LogP contribution in [0.2, 0.25) is 0 Å². The van der Waals surface area contributed by atoms with E-state index in [0.29, 0.717) is 5.56 Å². The van der Waals surface area contributed by atoms with Gasteiger partial charge in [0.15, 0.2) is 11.5 Å². The molecule has 0 spiro atoms. The Labute approximate surface area is 118 Å². The van der Waals surface area contributed by atoms with Crippen molar-refractivity contribution in [3.05, 3.63) is 23.2 Å². The minimum absolute atomic E-state index is 0.0441. The average molecular weight is 276 g/mol. The largest absolute Gasteiger partial charge is 0.460 e. The molecular formula is C16H20O4. The summed E-state index contributed by atoms with van der Waals surface area (Å²) in [6.07, 6.45) is 3.00. The highest BCUT2D eigenvalue weighted by Crippen LogP contribution is 2.52. The van der Waals surface area contributed by atoms with Crippen molar-refractivity contribution in [2.75, 3.05) is 7.11 Å². The first-order chi connectivity index (χ1) is 9.42. The molecule has 4 nitrogen and oxygen atoms in total. The Morgan fingerprint density at radius 3 is 2.70 bits per heavy atom. The smallest absolute Gasteiger partial charge is 0.207 e. The van der Waals surface area contributed by atoms with E-state index in [0.717, 1.165) is 18.4 Å². The van der Waals surface area contributed by atoms with E-state index in [1.165, 1.54) is 6.26 Å². The zero-order valence-corrected chi connectivity index (χ0v) is 12.4. The highest BCUT2D eigenvalue weighted by molar-refractivity contribution is 6.17. The Bertz CT molecular complexity index is 585. The number of carbonyl (C=O) groups excluding carboxylic acids is 2. The molecule has 0 N–H and O–H groups in total. The minimum atomic E-state index is -0.805. The van der Waals surface area contributed by atoms with Crippen molar-refractivity contribution in [3.63, 3.8) is 0 Å². The van der Waals surface area contributed by atoms with Crippen molar-refractivity contribution in [1.82, 2.24) is 0 Å². The highest BCUT2D eigenvalue weighted by atomic mass is 16.5. The topological polar surface area (TPSA) is 56.5 Å². The predicted octanol–water partition coefficient (Wildman–Crippen LogP) is 3.03. The summed E-state index contributed by atoms with van der Waals surface area (Å²) >= 11 is 0. The van der Waals surface area contributed by atoms with E-state index in [4.69, 9.17) is 9.15 Å². The lowest BCUT2D eigenvalue weighted by atomic mass is 9.54. The number of hydrogen-bond acceptors (Lipinski definition) is 4. The van der Waals surface area contributed by atoms with Crippen LogP contribution in [0.1, 0.15) is 53.2 Å². The molecule has 0 radical (unpaired) electrons. The first-order valence-electron chi connectivity index (χ1n) is 7.12.